The second kappa shape index (κ2) is 9.31. The van der Waals surface area contributed by atoms with Crippen LogP contribution in [0.2, 0.25) is 0 Å². The van der Waals surface area contributed by atoms with Crippen molar-refractivity contribution in [2.45, 2.75) is 39.0 Å². The second-order valence-electron chi connectivity index (χ2n) is 7.34. The standard InChI is InChI=1S/C22H29NO4/c1-22(2,3)16-8-13-20(26-5)19(15-16)23-21(24)7-6-14-27-18-11-9-17(25-4)10-12-18/h8-13,15H,6-7,14H2,1-5H3,(H,23,24). The summed E-state index contributed by atoms with van der Waals surface area (Å²) in [4.78, 5) is 12.3. The van der Waals surface area contributed by atoms with Crippen LogP contribution < -0.4 is 19.5 Å². The third kappa shape index (κ3) is 6.20. The molecule has 0 saturated heterocycles. The first-order valence-corrected chi connectivity index (χ1v) is 9.08. The number of carbonyl (C=O) groups is 1. The molecule has 27 heavy (non-hydrogen) atoms. The van der Waals surface area contributed by atoms with Gasteiger partial charge in [0.1, 0.15) is 17.2 Å². The molecule has 1 N–H and O–H groups in total. The number of anilines is 1. The molecular weight excluding hydrogens is 342 g/mol. The number of carbonyl (C=O) groups excluding carboxylic acids is 1. The molecule has 0 aliphatic carbocycles. The van der Waals surface area contributed by atoms with Crippen molar-refractivity contribution in [1.29, 1.82) is 0 Å². The van der Waals surface area contributed by atoms with Gasteiger partial charge in [-0.3, -0.25) is 4.79 Å². The van der Waals surface area contributed by atoms with Crippen LogP contribution in [0.3, 0.4) is 0 Å². The third-order valence-electron chi connectivity index (χ3n) is 4.22. The van der Waals surface area contributed by atoms with Gasteiger partial charge in [0.25, 0.3) is 0 Å². The highest BCUT2D eigenvalue weighted by Gasteiger charge is 2.17. The molecule has 0 heterocycles. The zero-order chi connectivity index (χ0) is 19.9. The van der Waals surface area contributed by atoms with Crippen molar-refractivity contribution >= 4 is 11.6 Å². The first-order valence-electron chi connectivity index (χ1n) is 9.08. The van der Waals surface area contributed by atoms with Gasteiger partial charge in [0, 0.05) is 6.42 Å². The van der Waals surface area contributed by atoms with Crippen LogP contribution in [0.25, 0.3) is 0 Å². The lowest BCUT2D eigenvalue weighted by Gasteiger charge is -2.21. The topological polar surface area (TPSA) is 56.8 Å². The smallest absolute Gasteiger partial charge is 0.224 e. The van der Waals surface area contributed by atoms with Crippen LogP contribution in [-0.2, 0) is 10.2 Å². The molecule has 5 nitrogen and oxygen atoms in total. The van der Waals surface area contributed by atoms with Gasteiger partial charge in [0.05, 0.1) is 26.5 Å². The van der Waals surface area contributed by atoms with E-state index in [-0.39, 0.29) is 11.3 Å². The first kappa shape index (κ1) is 20.6. The quantitative estimate of drug-likeness (QED) is 0.677. The van der Waals surface area contributed by atoms with E-state index in [2.05, 4.69) is 26.1 Å². The highest BCUT2D eigenvalue weighted by Crippen LogP contribution is 2.31. The van der Waals surface area contributed by atoms with Gasteiger partial charge in [-0.1, -0.05) is 26.8 Å². The van der Waals surface area contributed by atoms with Crippen LogP contribution in [0.1, 0.15) is 39.2 Å². The Balaban J connectivity index is 1.86. The fourth-order valence-electron chi connectivity index (χ4n) is 2.58. The molecule has 0 aliphatic heterocycles. The summed E-state index contributed by atoms with van der Waals surface area (Å²) in [5, 5.41) is 2.95. The molecule has 2 rings (SSSR count). The minimum atomic E-state index is -0.0577. The Labute approximate surface area is 161 Å². The maximum atomic E-state index is 12.3. The molecule has 0 atom stereocenters. The molecule has 5 heteroatoms. The summed E-state index contributed by atoms with van der Waals surface area (Å²) in [5.74, 6) is 2.15. The number of ether oxygens (including phenoxy) is 3. The number of benzene rings is 2. The molecule has 0 spiro atoms. The predicted molar refractivity (Wildman–Crippen MR) is 108 cm³/mol. The Bertz CT molecular complexity index is 748. The van der Waals surface area contributed by atoms with Gasteiger partial charge in [-0.15, -0.1) is 0 Å². The van der Waals surface area contributed by atoms with E-state index in [9.17, 15) is 4.79 Å². The van der Waals surface area contributed by atoms with E-state index in [0.717, 1.165) is 17.1 Å². The van der Waals surface area contributed by atoms with Crippen molar-refractivity contribution in [3.63, 3.8) is 0 Å². The summed E-state index contributed by atoms with van der Waals surface area (Å²) in [5.41, 5.74) is 1.84. The van der Waals surface area contributed by atoms with Crippen molar-refractivity contribution in [2.24, 2.45) is 0 Å². The molecule has 1 amide bonds. The van der Waals surface area contributed by atoms with E-state index >= 15 is 0 Å². The van der Waals surface area contributed by atoms with E-state index in [1.807, 2.05) is 42.5 Å². The molecule has 0 bridgehead atoms. The Kier molecular flexibility index (Phi) is 7.11. The maximum Gasteiger partial charge on any atom is 0.224 e. The lowest BCUT2D eigenvalue weighted by atomic mass is 9.87. The van der Waals surface area contributed by atoms with Crippen molar-refractivity contribution in [2.75, 3.05) is 26.1 Å². The molecular formula is C22H29NO4. The molecule has 0 radical (unpaired) electrons. The van der Waals surface area contributed by atoms with E-state index in [0.29, 0.717) is 30.9 Å². The zero-order valence-corrected chi connectivity index (χ0v) is 16.8. The zero-order valence-electron chi connectivity index (χ0n) is 16.8. The first-order chi connectivity index (χ1) is 12.8. The fourth-order valence-corrected chi connectivity index (χ4v) is 2.58. The van der Waals surface area contributed by atoms with Crippen molar-refractivity contribution < 1.29 is 19.0 Å². The fraction of sp³-hybridized carbons (Fsp3) is 0.409. The van der Waals surface area contributed by atoms with Crippen LogP contribution >= 0.6 is 0 Å². The van der Waals surface area contributed by atoms with E-state index in [4.69, 9.17) is 14.2 Å². The predicted octanol–water partition coefficient (Wildman–Crippen LogP) is 4.80. The largest absolute Gasteiger partial charge is 0.497 e. The Morgan fingerprint density at radius 1 is 0.963 bits per heavy atom. The number of rotatable bonds is 8. The van der Waals surface area contributed by atoms with Crippen LogP contribution in [0.15, 0.2) is 42.5 Å². The summed E-state index contributed by atoms with van der Waals surface area (Å²) >= 11 is 0. The maximum absolute atomic E-state index is 12.3. The number of hydrogen-bond donors (Lipinski definition) is 1. The van der Waals surface area contributed by atoms with Gasteiger partial charge in [-0.25, -0.2) is 0 Å². The summed E-state index contributed by atoms with van der Waals surface area (Å²) in [6.07, 6.45) is 0.998. The van der Waals surface area contributed by atoms with E-state index < -0.39 is 0 Å². The molecule has 146 valence electrons. The van der Waals surface area contributed by atoms with Crippen molar-refractivity contribution in [3.8, 4) is 17.2 Å². The highest BCUT2D eigenvalue weighted by molar-refractivity contribution is 5.92. The van der Waals surface area contributed by atoms with Crippen LogP contribution in [0.4, 0.5) is 5.69 Å². The number of nitrogens with one attached hydrogen (secondary N) is 1. The summed E-state index contributed by atoms with van der Waals surface area (Å²) < 4.78 is 16.1. The average molecular weight is 371 g/mol. The molecule has 2 aromatic carbocycles. The summed E-state index contributed by atoms with van der Waals surface area (Å²) in [7, 11) is 3.23. The van der Waals surface area contributed by atoms with E-state index in [1.54, 1.807) is 14.2 Å². The summed E-state index contributed by atoms with van der Waals surface area (Å²) in [6.45, 7) is 6.88. The summed E-state index contributed by atoms with van der Waals surface area (Å²) in [6, 6.07) is 13.3. The second-order valence-corrected chi connectivity index (χ2v) is 7.34. The minimum Gasteiger partial charge on any atom is -0.497 e. The van der Waals surface area contributed by atoms with Crippen LogP contribution in [-0.4, -0.2) is 26.7 Å². The Morgan fingerprint density at radius 3 is 2.22 bits per heavy atom. The van der Waals surface area contributed by atoms with Gasteiger partial charge < -0.3 is 19.5 Å². The number of methoxy groups -OCH3 is 2. The molecule has 0 aliphatic rings. The average Bonchev–Trinajstić information content (AvgIpc) is 2.65. The lowest BCUT2D eigenvalue weighted by Crippen LogP contribution is -2.16. The monoisotopic (exact) mass is 371 g/mol. The van der Waals surface area contributed by atoms with Gasteiger partial charge >= 0.3 is 0 Å². The molecule has 0 aromatic heterocycles. The third-order valence-corrected chi connectivity index (χ3v) is 4.22. The molecule has 0 fully saturated rings. The van der Waals surface area contributed by atoms with E-state index in [1.165, 1.54) is 0 Å². The normalized spacial score (nSPS) is 11.0. The number of amides is 1. The Hall–Kier alpha value is -2.69. The molecule has 0 unspecified atom stereocenters. The molecule has 2 aromatic rings. The van der Waals surface area contributed by atoms with Gasteiger partial charge in [0.15, 0.2) is 0 Å². The van der Waals surface area contributed by atoms with Crippen molar-refractivity contribution in [1.82, 2.24) is 0 Å². The SMILES string of the molecule is COc1ccc(OCCCC(=O)Nc2cc(C(C)(C)C)ccc2OC)cc1. The number of hydrogen-bond acceptors (Lipinski definition) is 4. The van der Waals surface area contributed by atoms with Crippen molar-refractivity contribution in [3.05, 3.63) is 48.0 Å². The van der Waals surface area contributed by atoms with Gasteiger partial charge in [0.2, 0.25) is 5.91 Å². The Morgan fingerprint density at radius 2 is 1.63 bits per heavy atom. The minimum absolute atomic E-state index is 0.00203. The van der Waals surface area contributed by atoms with Gasteiger partial charge in [-0.2, -0.15) is 0 Å². The van der Waals surface area contributed by atoms with Crippen LogP contribution in [0, 0.1) is 0 Å². The lowest BCUT2D eigenvalue weighted by molar-refractivity contribution is -0.116. The highest BCUT2D eigenvalue weighted by atomic mass is 16.5. The molecule has 0 saturated carbocycles. The van der Waals surface area contributed by atoms with Crippen LogP contribution in [0.5, 0.6) is 17.2 Å². The van der Waals surface area contributed by atoms with Gasteiger partial charge in [-0.05, 0) is 53.8 Å².